The van der Waals surface area contributed by atoms with Crippen molar-refractivity contribution in [3.63, 3.8) is 0 Å². The van der Waals surface area contributed by atoms with Gasteiger partial charge in [0.2, 0.25) is 0 Å². The van der Waals surface area contributed by atoms with E-state index >= 15 is 0 Å². The first-order chi connectivity index (χ1) is 19.5. The number of alkyl halides is 3. The summed E-state index contributed by atoms with van der Waals surface area (Å²) in [6.45, 7) is -0.0871. The Hall–Kier alpha value is -4.83. The number of benzene rings is 5. The van der Waals surface area contributed by atoms with Crippen molar-refractivity contribution in [2.45, 2.75) is 17.7 Å². The van der Waals surface area contributed by atoms with Crippen LogP contribution in [0.3, 0.4) is 0 Å². The maximum Gasteiger partial charge on any atom is 0.416 e. The number of hydrogen-bond acceptors (Lipinski definition) is 4. The molecule has 0 spiro atoms. The van der Waals surface area contributed by atoms with Crippen LogP contribution in [0.15, 0.2) is 114 Å². The van der Waals surface area contributed by atoms with Gasteiger partial charge in [0.15, 0.2) is 0 Å². The van der Waals surface area contributed by atoms with Crippen LogP contribution in [0.4, 0.5) is 18.9 Å². The molecule has 0 fully saturated rings. The maximum absolute atomic E-state index is 13.1. The summed E-state index contributed by atoms with van der Waals surface area (Å²) in [5.41, 5.74) is 0.389. The van der Waals surface area contributed by atoms with Gasteiger partial charge in [-0.3, -0.25) is 4.72 Å². The van der Waals surface area contributed by atoms with Crippen LogP contribution in [0.2, 0.25) is 0 Å². The number of sulfonamides is 1. The first-order valence-corrected chi connectivity index (χ1v) is 13.8. The van der Waals surface area contributed by atoms with Gasteiger partial charge >= 0.3 is 12.1 Å². The second-order valence-electron chi connectivity index (χ2n) is 9.15. The molecule has 0 aliphatic rings. The van der Waals surface area contributed by atoms with Gasteiger partial charge in [0, 0.05) is 0 Å². The van der Waals surface area contributed by atoms with Gasteiger partial charge in [-0.15, -0.1) is 0 Å². The molecule has 0 radical (unpaired) electrons. The number of hydrogen-bond donors (Lipinski definition) is 2. The molecule has 0 saturated heterocycles. The fourth-order valence-electron chi connectivity index (χ4n) is 4.37. The molecule has 2 N–H and O–H groups in total. The zero-order chi connectivity index (χ0) is 29.2. The van der Waals surface area contributed by atoms with E-state index in [1.165, 1.54) is 36.4 Å². The summed E-state index contributed by atoms with van der Waals surface area (Å²) in [4.78, 5) is 12.1. The average molecular weight is 578 g/mol. The van der Waals surface area contributed by atoms with Gasteiger partial charge in [-0.2, -0.15) is 13.2 Å². The molecule has 0 heterocycles. The van der Waals surface area contributed by atoms with Gasteiger partial charge in [-0.1, -0.05) is 66.7 Å². The molecule has 5 aromatic rings. The molecule has 0 saturated carbocycles. The van der Waals surface area contributed by atoms with E-state index in [0.29, 0.717) is 22.1 Å². The third-order valence-corrected chi connectivity index (χ3v) is 7.77. The lowest BCUT2D eigenvalue weighted by Gasteiger charge is -2.15. The van der Waals surface area contributed by atoms with Crippen LogP contribution in [0, 0.1) is 0 Å². The van der Waals surface area contributed by atoms with Crippen molar-refractivity contribution in [2.75, 3.05) is 4.72 Å². The van der Waals surface area contributed by atoms with Gasteiger partial charge in [0.05, 0.1) is 21.7 Å². The van der Waals surface area contributed by atoms with E-state index in [0.717, 1.165) is 17.5 Å². The Morgan fingerprint density at radius 1 is 0.805 bits per heavy atom. The Balaban J connectivity index is 1.43. The number of aromatic carboxylic acids is 1. The lowest BCUT2D eigenvalue weighted by Crippen LogP contribution is -2.15. The minimum atomic E-state index is -4.51. The monoisotopic (exact) mass is 577 g/mol. The van der Waals surface area contributed by atoms with E-state index in [4.69, 9.17) is 4.74 Å². The standard InChI is InChI=1S/C31H22F3NO5S/c32-31(33,34)24-9-5-10-25(18-24)40-19-23-8-3-4-11-27(23)22-13-15-29(28(17-22)30(36)37)35-41(38,39)26-14-12-20-6-1-2-7-21(20)16-26/h1-18,35H,19H2,(H,36,37). The SMILES string of the molecule is O=C(O)c1cc(-c2ccccc2COc2cccc(C(F)(F)F)c2)ccc1NS(=O)(=O)c1ccc2ccccc2c1. The molecule has 0 aliphatic heterocycles. The summed E-state index contributed by atoms with van der Waals surface area (Å²) in [6.07, 6.45) is -4.51. The number of nitrogens with one attached hydrogen (secondary N) is 1. The Kier molecular flexibility index (Phi) is 7.42. The molecule has 208 valence electrons. The minimum Gasteiger partial charge on any atom is -0.489 e. The molecule has 0 bridgehead atoms. The zero-order valence-corrected chi connectivity index (χ0v) is 22.0. The summed E-state index contributed by atoms with van der Waals surface area (Å²) >= 11 is 0. The van der Waals surface area contributed by atoms with Crippen LogP contribution in [-0.4, -0.2) is 19.5 Å². The highest BCUT2D eigenvalue weighted by Gasteiger charge is 2.30. The van der Waals surface area contributed by atoms with E-state index < -0.39 is 27.7 Å². The van der Waals surface area contributed by atoms with Crippen LogP contribution in [-0.2, 0) is 22.8 Å². The average Bonchev–Trinajstić information content (AvgIpc) is 2.95. The van der Waals surface area contributed by atoms with Crippen molar-refractivity contribution in [3.05, 3.63) is 126 Å². The molecule has 10 heteroatoms. The highest BCUT2D eigenvalue weighted by Crippen LogP contribution is 2.33. The molecule has 5 aromatic carbocycles. The lowest BCUT2D eigenvalue weighted by molar-refractivity contribution is -0.137. The number of fused-ring (bicyclic) bond motifs is 1. The van der Waals surface area contributed by atoms with Gasteiger partial charge < -0.3 is 9.84 Å². The Bertz CT molecular complexity index is 1870. The van der Waals surface area contributed by atoms with Gasteiger partial charge in [-0.25, -0.2) is 13.2 Å². The van der Waals surface area contributed by atoms with Crippen molar-refractivity contribution in [1.82, 2.24) is 0 Å². The molecule has 41 heavy (non-hydrogen) atoms. The van der Waals surface area contributed by atoms with Gasteiger partial charge in [0.1, 0.15) is 12.4 Å². The van der Waals surface area contributed by atoms with Crippen LogP contribution < -0.4 is 9.46 Å². The number of rotatable bonds is 8. The number of halogens is 3. The summed E-state index contributed by atoms with van der Waals surface area (Å²) < 4.78 is 73.5. The van der Waals surface area contributed by atoms with Crippen molar-refractivity contribution < 1.29 is 36.2 Å². The van der Waals surface area contributed by atoms with E-state index in [-0.39, 0.29) is 28.5 Å². The predicted octanol–water partition coefficient (Wildman–Crippen LogP) is 7.60. The molecule has 0 amide bonds. The Morgan fingerprint density at radius 3 is 2.29 bits per heavy atom. The molecule has 0 aliphatic carbocycles. The Morgan fingerprint density at radius 2 is 1.54 bits per heavy atom. The lowest BCUT2D eigenvalue weighted by atomic mass is 9.97. The second-order valence-corrected chi connectivity index (χ2v) is 10.8. The van der Waals surface area contributed by atoms with Crippen LogP contribution >= 0.6 is 0 Å². The first-order valence-electron chi connectivity index (χ1n) is 12.3. The van der Waals surface area contributed by atoms with E-state index in [1.807, 2.05) is 12.1 Å². The largest absolute Gasteiger partial charge is 0.489 e. The number of carboxylic acids is 1. The molecule has 5 rings (SSSR count). The maximum atomic E-state index is 13.1. The topological polar surface area (TPSA) is 92.7 Å². The molecule has 0 unspecified atom stereocenters. The molecular weight excluding hydrogens is 555 g/mol. The molecular formula is C31H22F3NO5S. The normalized spacial score (nSPS) is 11.8. The number of ether oxygens (including phenoxy) is 1. The van der Waals surface area contributed by atoms with Gasteiger partial charge in [-0.05, 0) is 69.9 Å². The Labute approximate surface area is 233 Å². The fourth-order valence-corrected chi connectivity index (χ4v) is 5.48. The third kappa shape index (κ3) is 6.17. The van der Waals surface area contributed by atoms with Crippen LogP contribution in [0.5, 0.6) is 5.75 Å². The second kappa shape index (κ2) is 11.0. The predicted molar refractivity (Wildman–Crippen MR) is 149 cm³/mol. The molecule has 0 aromatic heterocycles. The van der Waals surface area contributed by atoms with Crippen LogP contribution in [0.25, 0.3) is 21.9 Å². The number of carboxylic acid groups (broad SMARTS) is 1. The zero-order valence-electron chi connectivity index (χ0n) is 21.2. The van der Waals surface area contributed by atoms with E-state index in [9.17, 15) is 31.5 Å². The van der Waals surface area contributed by atoms with Crippen molar-refractivity contribution in [3.8, 4) is 16.9 Å². The number of carbonyl (C=O) groups is 1. The smallest absolute Gasteiger partial charge is 0.416 e. The first kappa shape index (κ1) is 27.7. The van der Waals surface area contributed by atoms with Crippen molar-refractivity contribution in [1.29, 1.82) is 0 Å². The highest BCUT2D eigenvalue weighted by atomic mass is 32.2. The van der Waals surface area contributed by atoms with E-state index in [2.05, 4.69) is 4.72 Å². The highest BCUT2D eigenvalue weighted by molar-refractivity contribution is 7.92. The number of anilines is 1. The summed E-state index contributed by atoms with van der Waals surface area (Å²) in [5, 5.41) is 11.5. The quantitative estimate of drug-likeness (QED) is 0.198. The van der Waals surface area contributed by atoms with Crippen LogP contribution in [0.1, 0.15) is 21.5 Å². The molecule has 6 nitrogen and oxygen atoms in total. The molecule has 0 atom stereocenters. The summed E-state index contributed by atoms with van der Waals surface area (Å²) in [7, 11) is -4.11. The van der Waals surface area contributed by atoms with Gasteiger partial charge in [0.25, 0.3) is 10.0 Å². The minimum absolute atomic E-state index is 0.0197. The third-order valence-electron chi connectivity index (χ3n) is 6.41. The summed E-state index contributed by atoms with van der Waals surface area (Å²) in [5.74, 6) is -1.32. The van der Waals surface area contributed by atoms with E-state index in [1.54, 1.807) is 48.5 Å². The fraction of sp³-hybridized carbons (Fsp3) is 0.0645. The summed E-state index contributed by atoms with van der Waals surface area (Å²) in [6, 6.07) is 27.5. The van der Waals surface area contributed by atoms with Crippen molar-refractivity contribution in [2.24, 2.45) is 0 Å². The van der Waals surface area contributed by atoms with Crippen molar-refractivity contribution >= 4 is 32.5 Å².